The van der Waals surface area contributed by atoms with E-state index in [1.165, 1.54) is 16.8 Å². The number of nitrogens with zero attached hydrogens (tertiary/aromatic N) is 4. The summed E-state index contributed by atoms with van der Waals surface area (Å²) in [6, 6.07) is 5.37. The van der Waals surface area contributed by atoms with Crippen molar-refractivity contribution in [2.45, 2.75) is 51.6 Å². The van der Waals surface area contributed by atoms with E-state index in [0.29, 0.717) is 18.8 Å². The average Bonchev–Trinajstić information content (AvgIpc) is 3.03. The molecule has 0 aliphatic heterocycles. The highest BCUT2D eigenvalue weighted by Crippen LogP contribution is 2.16. The second-order valence-corrected chi connectivity index (χ2v) is 6.10. The fraction of sp³-hybridized carbons (Fsp3) is 0.529. The van der Waals surface area contributed by atoms with E-state index in [1.807, 2.05) is 0 Å². The summed E-state index contributed by atoms with van der Waals surface area (Å²) < 4.78 is 14.6. The number of nitrogens with one attached hydrogen (secondary N) is 1. The van der Waals surface area contributed by atoms with Crippen molar-refractivity contribution in [1.82, 2.24) is 25.5 Å². The van der Waals surface area contributed by atoms with Gasteiger partial charge in [0, 0.05) is 19.0 Å². The number of hydrogen-bond acceptors (Lipinski definition) is 5. The SMILES string of the molecule is CCCCC(CN)NC(=O)C(Cc1ccc(F)cc1)n1nnnc1C. The quantitative estimate of drug-likeness (QED) is 0.716. The Labute approximate surface area is 146 Å². The van der Waals surface area contributed by atoms with Crippen LogP contribution < -0.4 is 11.1 Å². The van der Waals surface area contributed by atoms with Crippen LogP contribution in [0.1, 0.15) is 43.6 Å². The van der Waals surface area contributed by atoms with Gasteiger partial charge in [-0.2, -0.15) is 0 Å². The van der Waals surface area contributed by atoms with Crippen LogP contribution in [-0.2, 0) is 11.2 Å². The van der Waals surface area contributed by atoms with Gasteiger partial charge in [0.15, 0.2) is 0 Å². The lowest BCUT2D eigenvalue weighted by atomic mass is 10.0. The smallest absolute Gasteiger partial charge is 0.245 e. The van der Waals surface area contributed by atoms with E-state index >= 15 is 0 Å². The van der Waals surface area contributed by atoms with Crippen LogP contribution in [0.25, 0.3) is 0 Å². The number of halogens is 1. The largest absolute Gasteiger partial charge is 0.350 e. The first-order valence-electron chi connectivity index (χ1n) is 8.54. The van der Waals surface area contributed by atoms with Crippen molar-refractivity contribution in [1.29, 1.82) is 0 Å². The number of amides is 1. The van der Waals surface area contributed by atoms with Crippen molar-refractivity contribution in [3.8, 4) is 0 Å². The molecule has 2 rings (SSSR count). The van der Waals surface area contributed by atoms with Crippen LogP contribution in [-0.4, -0.2) is 38.7 Å². The molecule has 0 bridgehead atoms. The van der Waals surface area contributed by atoms with E-state index in [1.54, 1.807) is 19.1 Å². The Hall–Kier alpha value is -2.35. The summed E-state index contributed by atoms with van der Waals surface area (Å²) in [6.07, 6.45) is 3.23. The molecule has 0 saturated heterocycles. The molecule has 0 radical (unpaired) electrons. The van der Waals surface area contributed by atoms with Crippen molar-refractivity contribution < 1.29 is 9.18 Å². The highest BCUT2D eigenvalue weighted by atomic mass is 19.1. The van der Waals surface area contributed by atoms with Crippen LogP contribution in [0.5, 0.6) is 0 Å². The Morgan fingerprint density at radius 1 is 1.36 bits per heavy atom. The van der Waals surface area contributed by atoms with E-state index in [-0.39, 0.29) is 17.8 Å². The summed E-state index contributed by atoms with van der Waals surface area (Å²) in [5.74, 6) is 0.0394. The number of aryl methyl sites for hydroxylation is 1. The van der Waals surface area contributed by atoms with Gasteiger partial charge in [0.1, 0.15) is 17.7 Å². The van der Waals surface area contributed by atoms with Crippen molar-refractivity contribution >= 4 is 5.91 Å². The van der Waals surface area contributed by atoms with Crippen molar-refractivity contribution in [3.63, 3.8) is 0 Å². The molecule has 25 heavy (non-hydrogen) atoms. The third kappa shape index (κ3) is 5.32. The van der Waals surface area contributed by atoms with E-state index in [0.717, 1.165) is 24.8 Å². The highest BCUT2D eigenvalue weighted by molar-refractivity contribution is 5.80. The molecule has 1 heterocycles. The lowest BCUT2D eigenvalue weighted by Crippen LogP contribution is -2.44. The number of nitrogens with two attached hydrogens (primary N) is 1. The minimum atomic E-state index is -0.615. The Kier molecular flexibility index (Phi) is 7.00. The lowest BCUT2D eigenvalue weighted by Gasteiger charge is -2.22. The highest BCUT2D eigenvalue weighted by Gasteiger charge is 2.25. The molecule has 0 spiro atoms. The van der Waals surface area contributed by atoms with Gasteiger partial charge < -0.3 is 11.1 Å². The van der Waals surface area contributed by atoms with Gasteiger partial charge in [0.05, 0.1) is 0 Å². The van der Waals surface area contributed by atoms with E-state index < -0.39 is 6.04 Å². The zero-order valence-electron chi connectivity index (χ0n) is 14.7. The molecule has 1 aromatic carbocycles. The first-order chi connectivity index (χ1) is 12.0. The first kappa shape index (κ1) is 19.0. The molecule has 1 aromatic heterocycles. The maximum absolute atomic E-state index is 13.1. The first-order valence-corrected chi connectivity index (χ1v) is 8.54. The summed E-state index contributed by atoms with van der Waals surface area (Å²) in [5.41, 5.74) is 6.60. The number of tetrazole rings is 1. The third-order valence-corrected chi connectivity index (χ3v) is 4.13. The van der Waals surface area contributed by atoms with Gasteiger partial charge in [-0.25, -0.2) is 9.07 Å². The van der Waals surface area contributed by atoms with Gasteiger partial charge in [-0.15, -0.1) is 5.10 Å². The number of carbonyl (C=O) groups excluding carboxylic acids is 1. The number of carbonyl (C=O) groups is 1. The Balaban J connectivity index is 2.17. The van der Waals surface area contributed by atoms with Crippen molar-refractivity contribution in [2.24, 2.45) is 5.73 Å². The summed E-state index contributed by atoms with van der Waals surface area (Å²) in [6.45, 7) is 4.21. The standard InChI is InChI=1S/C17H25FN6O/c1-3-4-5-15(11-19)20-17(25)16(24-12(2)21-22-23-24)10-13-6-8-14(18)9-7-13/h6-9,15-16H,3-5,10-11,19H2,1-2H3,(H,20,25). The van der Waals surface area contributed by atoms with Crippen LogP contribution in [0.4, 0.5) is 4.39 Å². The average molecular weight is 348 g/mol. The molecule has 2 atom stereocenters. The maximum atomic E-state index is 13.1. The number of benzene rings is 1. The second-order valence-electron chi connectivity index (χ2n) is 6.10. The molecule has 0 aliphatic rings. The minimum absolute atomic E-state index is 0.0834. The normalized spacial score (nSPS) is 13.4. The van der Waals surface area contributed by atoms with Crippen LogP contribution in [0, 0.1) is 12.7 Å². The molecule has 0 fully saturated rings. The van der Waals surface area contributed by atoms with E-state index in [2.05, 4.69) is 27.8 Å². The van der Waals surface area contributed by atoms with Crippen molar-refractivity contribution in [3.05, 3.63) is 41.5 Å². The zero-order chi connectivity index (χ0) is 18.2. The molecule has 2 aromatic rings. The number of rotatable bonds is 9. The minimum Gasteiger partial charge on any atom is -0.350 e. The van der Waals surface area contributed by atoms with Gasteiger partial charge >= 0.3 is 0 Å². The zero-order valence-corrected chi connectivity index (χ0v) is 14.7. The predicted molar refractivity (Wildman–Crippen MR) is 92.2 cm³/mol. The van der Waals surface area contributed by atoms with Gasteiger partial charge in [-0.05, 0) is 41.5 Å². The number of aromatic nitrogens is 4. The second kappa shape index (κ2) is 9.22. The van der Waals surface area contributed by atoms with Gasteiger partial charge in [-0.1, -0.05) is 31.9 Å². The lowest BCUT2D eigenvalue weighted by molar-refractivity contribution is -0.125. The summed E-state index contributed by atoms with van der Waals surface area (Å²) in [7, 11) is 0. The number of unbranched alkanes of at least 4 members (excludes halogenated alkanes) is 1. The molecule has 0 aliphatic carbocycles. The molecular formula is C17H25FN6O. The van der Waals surface area contributed by atoms with Gasteiger partial charge in [-0.3, -0.25) is 4.79 Å². The topological polar surface area (TPSA) is 98.7 Å². The van der Waals surface area contributed by atoms with Crippen LogP contribution in [0.2, 0.25) is 0 Å². The molecule has 0 saturated carbocycles. The van der Waals surface area contributed by atoms with Crippen LogP contribution in [0.15, 0.2) is 24.3 Å². The Morgan fingerprint density at radius 3 is 2.64 bits per heavy atom. The summed E-state index contributed by atoms with van der Waals surface area (Å²) in [5, 5.41) is 14.4. The molecule has 2 unspecified atom stereocenters. The van der Waals surface area contributed by atoms with E-state index in [9.17, 15) is 9.18 Å². The Morgan fingerprint density at radius 2 is 2.08 bits per heavy atom. The number of hydrogen-bond donors (Lipinski definition) is 2. The molecule has 1 amide bonds. The summed E-state index contributed by atoms with van der Waals surface area (Å²) >= 11 is 0. The van der Waals surface area contributed by atoms with Crippen molar-refractivity contribution in [2.75, 3.05) is 6.54 Å². The van der Waals surface area contributed by atoms with E-state index in [4.69, 9.17) is 5.73 Å². The third-order valence-electron chi connectivity index (χ3n) is 4.13. The molecule has 3 N–H and O–H groups in total. The molecule has 136 valence electrons. The van der Waals surface area contributed by atoms with Crippen LogP contribution >= 0.6 is 0 Å². The fourth-order valence-electron chi connectivity index (χ4n) is 2.66. The maximum Gasteiger partial charge on any atom is 0.245 e. The molecule has 7 nitrogen and oxygen atoms in total. The van der Waals surface area contributed by atoms with Gasteiger partial charge in [0.2, 0.25) is 5.91 Å². The van der Waals surface area contributed by atoms with Crippen LogP contribution in [0.3, 0.4) is 0 Å². The molecular weight excluding hydrogens is 323 g/mol. The fourth-order valence-corrected chi connectivity index (χ4v) is 2.66. The summed E-state index contributed by atoms with van der Waals surface area (Å²) in [4.78, 5) is 12.8. The Bertz CT molecular complexity index is 672. The molecule has 8 heteroatoms. The monoisotopic (exact) mass is 348 g/mol. The predicted octanol–water partition coefficient (Wildman–Crippen LogP) is 1.54. The van der Waals surface area contributed by atoms with Gasteiger partial charge in [0.25, 0.3) is 0 Å².